The van der Waals surface area contributed by atoms with Gasteiger partial charge in [0.2, 0.25) is 16.0 Å². The lowest BCUT2D eigenvalue weighted by atomic mass is 10.0. The molecule has 0 amide bonds. The first-order valence-electron chi connectivity index (χ1n) is 11.1. The van der Waals surface area contributed by atoms with Crippen molar-refractivity contribution < 1.29 is 13.3 Å². The molecule has 3 N–H and O–H groups in total. The van der Waals surface area contributed by atoms with Crippen LogP contribution in [-0.2, 0) is 10.0 Å². The molecular weight excluding hydrogens is 480 g/mol. The number of hydrogen-bond acceptors (Lipinski definition) is 7. The Morgan fingerprint density at radius 1 is 0.944 bits per heavy atom. The zero-order valence-electron chi connectivity index (χ0n) is 19.4. The number of imidazole rings is 2. The summed E-state index contributed by atoms with van der Waals surface area (Å²) in [5.74, 6) is 0.411. The Morgan fingerprint density at radius 2 is 1.61 bits per heavy atom. The average molecular weight is 503 g/mol. The fourth-order valence-electron chi connectivity index (χ4n) is 3.97. The summed E-state index contributed by atoms with van der Waals surface area (Å²) in [5.41, 5.74) is 10.3. The zero-order chi connectivity index (χ0) is 25.6. The van der Waals surface area contributed by atoms with Gasteiger partial charge >= 0.3 is 0 Å². The molecule has 0 unspecified atom stereocenters. The second-order valence-corrected chi connectivity index (χ2v) is 10.8. The van der Waals surface area contributed by atoms with E-state index in [1.165, 1.54) is 12.1 Å². The highest BCUT2D eigenvalue weighted by Gasteiger charge is 2.25. The summed E-state index contributed by atoms with van der Waals surface area (Å²) in [5, 5.41) is 10.4. The van der Waals surface area contributed by atoms with Gasteiger partial charge in [-0.2, -0.15) is 0 Å². The highest BCUT2D eigenvalue weighted by atomic mass is 32.2. The summed E-state index contributed by atoms with van der Waals surface area (Å²) in [4.78, 5) is 23.0. The van der Waals surface area contributed by atoms with E-state index < -0.39 is 20.2 Å². The monoisotopic (exact) mass is 502 g/mol. The van der Waals surface area contributed by atoms with Gasteiger partial charge in [0.1, 0.15) is 5.82 Å². The van der Waals surface area contributed by atoms with E-state index in [4.69, 9.17) is 10.7 Å². The van der Waals surface area contributed by atoms with Crippen molar-refractivity contribution in [2.75, 3.05) is 5.73 Å². The van der Waals surface area contributed by atoms with Crippen molar-refractivity contribution in [3.8, 4) is 33.9 Å². The second-order valence-electron chi connectivity index (χ2n) is 8.51. The fraction of sp³-hybridized carbons (Fsp3) is 0.120. The Balaban J connectivity index is 1.72. The number of benzene rings is 3. The lowest BCUT2D eigenvalue weighted by Crippen LogP contribution is -2.23. The van der Waals surface area contributed by atoms with Gasteiger partial charge in [-0.05, 0) is 38.1 Å². The largest absolute Gasteiger partial charge is 0.368 e. The third kappa shape index (κ3) is 3.89. The topological polar surface area (TPSA) is 150 Å². The second kappa shape index (κ2) is 8.61. The first-order valence-corrected chi connectivity index (χ1v) is 12.6. The number of nitrogens with one attached hydrogen (secondary N) is 1. The van der Waals surface area contributed by atoms with Crippen LogP contribution in [0.2, 0.25) is 0 Å². The van der Waals surface area contributed by atoms with Crippen LogP contribution in [0.25, 0.3) is 44.9 Å². The van der Waals surface area contributed by atoms with Crippen LogP contribution in [0.3, 0.4) is 0 Å². The number of rotatable bonds is 6. The number of nitrogen functional groups attached to an aromatic ring is 1. The van der Waals surface area contributed by atoms with Gasteiger partial charge in [0.15, 0.2) is 0 Å². The van der Waals surface area contributed by atoms with E-state index in [9.17, 15) is 18.5 Å². The third-order valence-corrected chi connectivity index (χ3v) is 7.96. The molecule has 0 bridgehead atoms. The van der Waals surface area contributed by atoms with Crippen LogP contribution >= 0.6 is 0 Å². The van der Waals surface area contributed by atoms with Crippen LogP contribution in [0.15, 0.2) is 72.8 Å². The number of nitrogens with two attached hydrogens (primary N) is 1. The molecule has 5 rings (SSSR count). The summed E-state index contributed by atoms with van der Waals surface area (Å²) in [7, 11) is -3.76. The summed E-state index contributed by atoms with van der Waals surface area (Å²) in [6.07, 6.45) is 0. The van der Waals surface area contributed by atoms with Crippen molar-refractivity contribution in [1.82, 2.24) is 18.9 Å². The molecule has 2 heterocycles. The lowest BCUT2D eigenvalue weighted by Gasteiger charge is -2.11. The molecule has 3 aromatic carbocycles. The van der Waals surface area contributed by atoms with Gasteiger partial charge in [-0.25, -0.2) is 22.4 Å². The van der Waals surface area contributed by atoms with E-state index in [0.717, 1.165) is 9.54 Å². The molecule has 0 fully saturated rings. The van der Waals surface area contributed by atoms with E-state index in [1.807, 2.05) is 36.4 Å². The molecule has 0 aliphatic carbocycles. The molecule has 0 aliphatic heterocycles. The molecule has 0 saturated heterocycles. The summed E-state index contributed by atoms with van der Waals surface area (Å²) in [6.45, 7) is 3.17. The number of nitrogens with zero attached hydrogens (tertiary/aromatic N) is 4. The first kappa shape index (κ1) is 23.2. The van der Waals surface area contributed by atoms with E-state index in [0.29, 0.717) is 39.4 Å². The smallest absolute Gasteiger partial charge is 0.269 e. The minimum Gasteiger partial charge on any atom is -0.368 e. The number of hydrogen-bond donors (Lipinski definition) is 2. The van der Waals surface area contributed by atoms with Gasteiger partial charge < -0.3 is 10.7 Å². The standard InChI is InChI=1S/C25H22N6O4S/c1-15(2)36(34,35)30-21-14-18(10-13-20(21)27-25(30)26)23-22(16-6-4-3-5-7-16)28-24(29-23)17-8-11-19(12-9-17)31(32)33/h3-15H,1-2H3,(H2,26,27)(H,28,29). The molecule has 10 nitrogen and oxygen atoms in total. The Bertz CT molecular complexity index is 1710. The molecular formula is C25H22N6O4S. The number of aromatic nitrogens is 4. The zero-order valence-corrected chi connectivity index (χ0v) is 20.2. The van der Waals surface area contributed by atoms with Crippen LogP contribution in [0, 0.1) is 10.1 Å². The normalized spacial score (nSPS) is 11.9. The van der Waals surface area contributed by atoms with E-state index >= 15 is 0 Å². The molecule has 11 heteroatoms. The Labute approximate surface area is 206 Å². The number of non-ortho nitro benzene ring substituents is 1. The molecule has 0 radical (unpaired) electrons. The maximum absolute atomic E-state index is 13.0. The van der Waals surface area contributed by atoms with Gasteiger partial charge in [-0.1, -0.05) is 36.4 Å². The molecule has 0 saturated carbocycles. The SMILES string of the molecule is CC(C)S(=O)(=O)n1c(N)nc2ccc(-c3nc(-c4ccc([N+](=O)[O-])cc4)[nH]c3-c3ccccc3)cc21. The quantitative estimate of drug-likeness (QED) is 0.249. The highest BCUT2D eigenvalue weighted by Crippen LogP contribution is 2.35. The van der Waals surface area contributed by atoms with Crippen molar-refractivity contribution >= 4 is 32.7 Å². The van der Waals surface area contributed by atoms with Gasteiger partial charge in [0, 0.05) is 28.8 Å². The molecule has 5 aromatic rings. The molecule has 182 valence electrons. The number of H-pyrrole nitrogens is 1. The molecule has 2 aromatic heterocycles. The Kier molecular flexibility index (Phi) is 5.56. The van der Waals surface area contributed by atoms with E-state index in [-0.39, 0.29) is 11.6 Å². The molecule has 0 aliphatic rings. The third-order valence-electron chi connectivity index (χ3n) is 5.88. The minimum absolute atomic E-state index is 0.0172. The average Bonchev–Trinajstić information content (AvgIpc) is 3.45. The van der Waals surface area contributed by atoms with Gasteiger partial charge in [-0.15, -0.1) is 0 Å². The van der Waals surface area contributed by atoms with Crippen LogP contribution in [0.5, 0.6) is 0 Å². The molecule has 36 heavy (non-hydrogen) atoms. The van der Waals surface area contributed by atoms with Crippen molar-refractivity contribution in [2.45, 2.75) is 19.1 Å². The molecule has 0 spiro atoms. The minimum atomic E-state index is -3.76. The number of nitro groups is 1. The van der Waals surface area contributed by atoms with Crippen molar-refractivity contribution in [1.29, 1.82) is 0 Å². The summed E-state index contributed by atoms with van der Waals surface area (Å²) >= 11 is 0. The van der Waals surface area contributed by atoms with Crippen molar-refractivity contribution in [3.05, 3.63) is 82.9 Å². The van der Waals surface area contributed by atoms with Crippen LogP contribution in [0.4, 0.5) is 11.6 Å². The van der Waals surface area contributed by atoms with Crippen LogP contribution < -0.4 is 5.73 Å². The number of nitro benzene ring substituents is 1. The fourth-order valence-corrected chi connectivity index (χ4v) is 5.12. The van der Waals surface area contributed by atoms with Crippen LogP contribution in [-0.4, -0.2) is 37.5 Å². The maximum Gasteiger partial charge on any atom is 0.269 e. The summed E-state index contributed by atoms with van der Waals surface area (Å²) in [6, 6.07) is 20.9. The Hall–Kier alpha value is -4.51. The summed E-state index contributed by atoms with van der Waals surface area (Å²) < 4.78 is 27.1. The van der Waals surface area contributed by atoms with Gasteiger partial charge in [0.05, 0.1) is 32.6 Å². The van der Waals surface area contributed by atoms with Gasteiger partial charge in [-0.3, -0.25) is 10.1 Å². The van der Waals surface area contributed by atoms with Gasteiger partial charge in [0.25, 0.3) is 5.69 Å². The van der Waals surface area contributed by atoms with E-state index in [2.05, 4.69) is 9.97 Å². The Morgan fingerprint density at radius 3 is 2.25 bits per heavy atom. The highest BCUT2D eigenvalue weighted by molar-refractivity contribution is 7.90. The van der Waals surface area contributed by atoms with Crippen molar-refractivity contribution in [2.24, 2.45) is 0 Å². The van der Waals surface area contributed by atoms with Crippen LogP contribution in [0.1, 0.15) is 13.8 Å². The lowest BCUT2D eigenvalue weighted by molar-refractivity contribution is -0.384. The predicted molar refractivity (Wildman–Crippen MR) is 139 cm³/mol. The van der Waals surface area contributed by atoms with Crippen molar-refractivity contribution in [3.63, 3.8) is 0 Å². The number of aromatic amines is 1. The predicted octanol–water partition coefficient (Wildman–Crippen LogP) is 4.84. The number of anilines is 1. The molecule has 0 atom stereocenters. The number of fused-ring (bicyclic) bond motifs is 1. The van der Waals surface area contributed by atoms with E-state index in [1.54, 1.807) is 38.1 Å². The first-order chi connectivity index (χ1) is 17.2. The maximum atomic E-state index is 13.0.